The maximum atomic E-state index is 15.5. The molecule has 1 unspecified atom stereocenters. The van der Waals surface area contributed by atoms with Crippen molar-refractivity contribution in [3.8, 4) is 0 Å². The van der Waals surface area contributed by atoms with Crippen LogP contribution in [0.2, 0.25) is 0 Å². The maximum absolute atomic E-state index is 15.5. The van der Waals surface area contributed by atoms with E-state index in [0.29, 0.717) is 12.8 Å². The van der Waals surface area contributed by atoms with Crippen molar-refractivity contribution in [1.29, 1.82) is 0 Å². The van der Waals surface area contributed by atoms with Gasteiger partial charge in [-0.1, -0.05) is 0 Å². The summed E-state index contributed by atoms with van der Waals surface area (Å²) in [5.74, 6) is -2.50. The van der Waals surface area contributed by atoms with Gasteiger partial charge in [-0.25, -0.2) is 17.6 Å². The Hall–Kier alpha value is -3.84. The Morgan fingerprint density at radius 1 is 1.31 bits per heavy atom. The highest BCUT2D eigenvalue weighted by atomic mass is 32.2. The lowest BCUT2D eigenvalue weighted by Gasteiger charge is -2.31. The molecule has 0 spiro atoms. The van der Waals surface area contributed by atoms with Crippen molar-refractivity contribution in [2.75, 3.05) is 18.0 Å². The summed E-state index contributed by atoms with van der Waals surface area (Å²) in [5, 5.41) is 20.2. The highest BCUT2D eigenvalue weighted by molar-refractivity contribution is 7.92. The van der Waals surface area contributed by atoms with Crippen LogP contribution < -0.4 is 9.73 Å². The van der Waals surface area contributed by atoms with Crippen LogP contribution >= 0.6 is 0 Å². The molecule has 0 bridgehead atoms. The molecule has 1 aromatic heterocycles. The number of nitrogens with zero attached hydrogens (tertiary/aromatic N) is 3. The predicted octanol–water partition coefficient (Wildman–Crippen LogP) is 3.31. The van der Waals surface area contributed by atoms with E-state index < -0.39 is 43.8 Å². The van der Waals surface area contributed by atoms with Crippen molar-refractivity contribution in [3.05, 3.63) is 74.3 Å². The SMILES string of the molecule is COCC(C)N(c1cc2c(cc1F)c(=O)c(C(=O)O)cn2C1CC1)S(=O)(=O)c1ccc([N+](=O)[O-])cc1. The van der Waals surface area contributed by atoms with E-state index >= 15 is 4.39 Å². The number of anilines is 1. The molecule has 0 aliphatic heterocycles. The number of nitro groups is 1. The summed E-state index contributed by atoms with van der Waals surface area (Å²) >= 11 is 0. The first-order chi connectivity index (χ1) is 17.0. The van der Waals surface area contributed by atoms with E-state index in [2.05, 4.69) is 0 Å². The summed E-state index contributed by atoms with van der Waals surface area (Å²) in [6, 6.07) is 5.20. The quantitative estimate of drug-likeness (QED) is 0.334. The summed E-state index contributed by atoms with van der Waals surface area (Å²) in [6.07, 6.45) is 2.63. The number of ether oxygens (including phenoxy) is 1. The Bertz CT molecular complexity index is 1530. The summed E-state index contributed by atoms with van der Waals surface area (Å²) in [4.78, 5) is 34.4. The number of carboxylic acid groups (broad SMARTS) is 1. The molecule has 13 heteroatoms. The van der Waals surface area contributed by atoms with Crippen LogP contribution in [0.1, 0.15) is 36.2 Å². The molecular weight excluding hydrogens is 497 g/mol. The fourth-order valence-electron chi connectivity index (χ4n) is 4.10. The Morgan fingerprint density at radius 2 is 1.94 bits per heavy atom. The molecule has 3 aromatic rings. The van der Waals surface area contributed by atoms with E-state index in [0.717, 1.165) is 34.6 Å². The first kappa shape index (κ1) is 25.3. The van der Waals surface area contributed by atoms with Gasteiger partial charge in [0.1, 0.15) is 11.4 Å². The number of pyridine rings is 1. The van der Waals surface area contributed by atoms with Crippen molar-refractivity contribution in [1.82, 2.24) is 4.57 Å². The molecule has 0 radical (unpaired) electrons. The lowest BCUT2D eigenvalue weighted by atomic mass is 10.1. The van der Waals surface area contributed by atoms with E-state index in [-0.39, 0.29) is 39.8 Å². The van der Waals surface area contributed by atoms with E-state index in [1.165, 1.54) is 26.3 Å². The van der Waals surface area contributed by atoms with Gasteiger partial charge in [-0.05, 0) is 44.0 Å². The molecule has 1 atom stereocenters. The number of rotatable bonds is 9. The van der Waals surface area contributed by atoms with E-state index in [1.807, 2.05) is 0 Å². The van der Waals surface area contributed by atoms with Gasteiger partial charge < -0.3 is 14.4 Å². The minimum atomic E-state index is -4.45. The number of hydrogen-bond acceptors (Lipinski definition) is 7. The van der Waals surface area contributed by atoms with Gasteiger partial charge in [0.2, 0.25) is 5.43 Å². The number of aromatic nitrogens is 1. The number of carboxylic acids is 1. The third-order valence-corrected chi connectivity index (χ3v) is 7.86. The molecule has 1 saturated carbocycles. The van der Waals surface area contributed by atoms with Gasteiger partial charge in [-0.15, -0.1) is 0 Å². The number of nitro benzene ring substituents is 1. The highest BCUT2D eigenvalue weighted by Crippen LogP contribution is 2.39. The minimum Gasteiger partial charge on any atom is -0.477 e. The molecule has 190 valence electrons. The number of non-ortho nitro benzene ring substituents is 1. The second-order valence-corrected chi connectivity index (χ2v) is 10.3. The molecule has 36 heavy (non-hydrogen) atoms. The molecule has 2 aromatic carbocycles. The summed E-state index contributed by atoms with van der Waals surface area (Å²) < 4.78 is 50.3. The summed E-state index contributed by atoms with van der Waals surface area (Å²) in [5.41, 5.74) is -1.89. The fraction of sp³-hybridized carbons (Fsp3) is 0.304. The molecule has 1 aliphatic rings. The lowest BCUT2D eigenvalue weighted by molar-refractivity contribution is -0.384. The average molecular weight is 520 g/mol. The number of carbonyl (C=O) groups is 1. The van der Waals surface area contributed by atoms with Crippen LogP contribution in [-0.4, -0.2) is 48.7 Å². The van der Waals surface area contributed by atoms with Crippen LogP contribution in [0, 0.1) is 15.9 Å². The van der Waals surface area contributed by atoms with E-state index in [4.69, 9.17) is 4.74 Å². The standard InChI is InChI=1S/C23H22FN3O8S/c1-13(12-35-2)26(36(33,34)16-7-5-15(6-8-16)27(31)32)21-10-20-17(9-19(21)24)22(28)18(23(29)30)11-25(20)14-3-4-14/h5-11,13-14H,3-4,12H2,1-2H3,(H,29,30). The highest BCUT2D eigenvalue weighted by Gasteiger charge is 2.34. The fourth-order valence-corrected chi connectivity index (χ4v) is 5.74. The van der Waals surface area contributed by atoms with Gasteiger partial charge in [0.15, 0.2) is 0 Å². The number of halogens is 1. The third-order valence-electron chi connectivity index (χ3n) is 5.92. The molecular formula is C23H22FN3O8S. The second-order valence-electron chi connectivity index (χ2n) is 8.49. The predicted molar refractivity (Wildman–Crippen MR) is 127 cm³/mol. The van der Waals surface area contributed by atoms with Crippen molar-refractivity contribution >= 4 is 38.3 Å². The van der Waals surface area contributed by atoms with E-state index in [9.17, 15) is 33.2 Å². The number of fused-ring (bicyclic) bond motifs is 1. The number of aromatic carboxylic acids is 1. The smallest absolute Gasteiger partial charge is 0.341 e. The average Bonchev–Trinajstić information content (AvgIpc) is 3.65. The molecule has 4 rings (SSSR count). The van der Waals surface area contributed by atoms with Gasteiger partial charge >= 0.3 is 5.97 Å². The van der Waals surface area contributed by atoms with Gasteiger partial charge in [-0.2, -0.15) is 0 Å². The molecule has 0 amide bonds. The Kier molecular flexibility index (Phi) is 6.54. The normalized spacial score (nSPS) is 14.5. The van der Waals surface area contributed by atoms with Crippen molar-refractivity contribution < 1.29 is 32.4 Å². The Balaban J connectivity index is 1.96. The number of benzene rings is 2. The van der Waals surface area contributed by atoms with Crippen LogP contribution in [0.5, 0.6) is 0 Å². The van der Waals surface area contributed by atoms with E-state index in [1.54, 1.807) is 4.57 Å². The lowest BCUT2D eigenvalue weighted by Crippen LogP contribution is -2.42. The van der Waals surface area contributed by atoms with Crippen LogP contribution in [-0.2, 0) is 14.8 Å². The number of hydrogen-bond donors (Lipinski definition) is 1. The number of sulfonamides is 1. The first-order valence-corrected chi connectivity index (χ1v) is 12.3. The Labute approximate surface area is 204 Å². The van der Waals surface area contributed by atoms with Crippen LogP contribution in [0.3, 0.4) is 0 Å². The molecule has 1 N–H and O–H groups in total. The van der Waals surface area contributed by atoms with Crippen LogP contribution in [0.25, 0.3) is 10.9 Å². The second kappa shape index (κ2) is 9.32. The van der Waals surface area contributed by atoms with Gasteiger partial charge in [0.25, 0.3) is 15.7 Å². The van der Waals surface area contributed by atoms with Crippen molar-refractivity contribution in [2.24, 2.45) is 0 Å². The zero-order valence-electron chi connectivity index (χ0n) is 19.3. The topological polar surface area (TPSA) is 149 Å². The summed E-state index contributed by atoms with van der Waals surface area (Å²) in [6.45, 7) is 1.38. The molecule has 1 heterocycles. The van der Waals surface area contributed by atoms with Crippen LogP contribution in [0.4, 0.5) is 15.8 Å². The monoisotopic (exact) mass is 519 g/mol. The molecule has 1 aliphatic carbocycles. The molecule has 1 fully saturated rings. The zero-order chi connectivity index (χ0) is 26.4. The minimum absolute atomic E-state index is 0.111. The number of methoxy groups -OCH3 is 1. The third kappa shape index (κ3) is 4.42. The largest absolute Gasteiger partial charge is 0.477 e. The first-order valence-electron chi connectivity index (χ1n) is 10.9. The van der Waals surface area contributed by atoms with Gasteiger partial charge in [0, 0.05) is 36.9 Å². The zero-order valence-corrected chi connectivity index (χ0v) is 20.1. The summed E-state index contributed by atoms with van der Waals surface area (Å²) in [7, 11) is -3.10. The van der Waals surface area contributed by atoms with Gasteiger partial charge in [-0.3, -0.25) is 19.2 Å². The van der Waals surface area contributed by atoms with Crippen LogP contribution in [0.15, 0.2) is 52.3 Å². The van der Waals surface area contributed by atoms with Crippen molar-refractivity contribution in [2.45, 2.75) is 36.7 Å². The Morgan fingerprint density at radius 3 is 2.47 bits per heavy atom. The van der Waals surface area contributed by atoms with Gasteiger partial charge in [0.05, 0.1) is 33.7 Å². The van der Waals surface area contributed by atoms with Crippen molar-refractivity contribution in [3.63, 3.8) is 0 Å². The molecule has 11 nitrogen and oxygen atoms in total. The maximum Gasteiger partial charge on any atom is 0.341 e. The molecule has 0 saturated heterocycles.